The molecule has 1 aromatic carbocycles. The number of hydrogen-bond acceptors (Lipinski definition) is 8. The third-order valence-corrected chi connectivity index (χ3v) is 8.47. The number of methoxy groups -OCH3 is 1. The second-order valence-corrected chi connectivity index (χ2v) is 11.4. The predicted octanol–water partition coefficient (Wildman–Crippen LogP) is 4.50. The van der Waals surface area contributed by atoms with E-state index in [1.807, 2.05) is 29.8 Å². The van der Waals surface area contributed by atoms with E-state index in [9.17, 15) is 13.6 Å². The summed E-state index contributed by atoms with van der Waals surface area (Å²) in [5.74, 6) is -1.34. The number of halogens is 2. The van der Waals surface area contributed by atoms with Gasteiger partial charge in [-0.05, 0) is 56.0 Å². The van der Waals surface area contributed by atoms with Gasteiger partial charge < -0.3 is 24.7 Å². The fourth-order valence-corrected chi connectivity index (χ4v) is 5.98. The Morgan fingerprint density at radius 3 is 2.69 bits per heavy atom. The summed E-state index contributed by atoms with van der Waals surface area (Å²) < 4.78 is 42.9. The molecule has 1 fully saturated rings. The Balaban J connectivity index is 1.37. The fraction of sp³-hybridized carbons (Fsp3) is 0.387. The summed E-state index contributed by atoms with van der Waals surface area (Å²) in [5, 5.41) is 0.124. The highest BCUT2D eigenvalue weighted by atomic mass is 19.2. The van der Waals surface area contributed by atoms with Crippen LogP contribution in [0.4, 0.5) is 20.3 Å². The van der Waals surface area contributed by atoms with Gasteiger partial charge in [-0.1, -0.05) is 0 Å². The van der Waals surface area contributed by atoms with Crippen molar-refractivity contribution in [2.45, 2.75) is 57.5 Å². The maximum atomic E-state index is 14.9. The Bertz CT molecular complexity index is 1690. The number of aromatic nitrogens is 3. The van der Waals surface area contributed by atoms with Crippen molar-refractivity contribution in [1.29, 1.82) is 0 Å². The van der Waals surface area contributed by atoms with Crippen LogP contribution in [0.3, 0.4) is 0 Å². The summed E-state index contributed by atoms with van der Waals surface area (Å²) >= 11 is 0. The molecule has 1 aliphatic carbocycles. The minimum atomic E-state index is -1.08. The van der Waals surface area contributed by atoms with Crippen LogP contribution in [-0.4, -0.2) is 51.8 Å². The van der Waals surface area contributed by atoms with Gasteiger partial charge in [0, 0.05) is 56.7 Å². The largest absolute Gasteiger partial charge is 0.481 e. The topological polar surface area (TPSA) is 98.7 Å². The lowest BCUT2D eigenvalue weighted by Crippen LogP contribution is -2.49. The first-order chi connectivity index (χ1) is 20.2. The molecule has 11 heteroatoms. The van der Waals surface area contributed by atoms with Gasteiger partial charge in [0.15, 0.2) is 17.0 Å². The van der Waals surface area contributed by atoms with E-state index in [1.165, 1.54) is 0 Å². The van der Waals surface area contributed by atoms with Gasteiger partial charge in [-0.3, -0.25) is 9.69 Å². The van der Waals surface area contributed by atoms with Gasteiger partial charge in [-0.25, -0.2) is 14.4 Å². The molecule has 1 atom stereocenters. The van der Waals surface area contributed by atoms with Gasteiger partial charge in [-0.2, -0.15) is 4.39 Å². The zero-order chi connectivity index (χ0) is 29.6. The summed E-state index contributed by atoms with van der Waals surface area (Å²) in [7, 11) is 3.54. The van der Waals surface area contributed by atoms with Gasteiger partial charge in [0.2, 0.25) is 11.7 Å². The molecule has 4 aromatic rings. The van der Waals surface area contributed by atoms with E-state index in [0.29, 0.717) is 42.4 Å². The molecule has 0 saturated heterocycles. The van der Waals surface area contributed by atoms with Crippen LogP contribution in [0.15, 0.2) is 53.7 Å². The highest BCUT2D eigenvalue weighted by molar-refractivity contribution is 5.86. The maximum absolute atomic E-state index is 14.9. The van der Waals surface area contributed by atoms with Crippen molar-refractivity contribution >= 4 is 22.4 Å². The molecule has 1 saturated carbocycles. The predicted molar refractivity (Wildman–Crippen MR) is 157 cm³/mol. The van der Waals surface area contributed by atoms with E-state index in [0.717, 1.165) is 36.6 Å². The number of nitrogen functional groups attached to an aromatic ring is 1. The van der Waals surface area contributed by atoms with Crippen LogP contribution in [0.5, 0.6) is 11.6 Å². The Morgan fingerprint density at radius 2 is 2.00 bits per heavy atom. The van der Waals surface area contributed by atoms with Gasteiger partial charge in [0.25, 0.3) is 0 Å². The number of anilines is 2. The molecule has 0 bridgehead atoms. The first-order valence-corrected chi connectivity index (χ1v) is 14.0. The first-order valence-electron chi connectivity index (χ1n) is 14.0. The first kappa shape index (κ1) is 27.9. The maximum Gasteiger partial charge on any atom is 0.213 e. The number of hydrogen-bond donors (Lipinski definition) is 1. The molecular weight excluding hydrogens is 542 g/mol. The average molecular weight is 577 g/mol. The summed E-state index contributed by atoms with van der Waals surface area (Å²) in [6, 6.07) is 8.42. The molecular formula is C31H34F2N6O3. The Hall–Kier alpha value is -4.25. The van der Waals surface area contributed by atoms with E-state index in [1.54, 1.807) is 31.8 Å². The molecule has 0 radical (unpaired) electrons. The van der Waals surface area contributed by atoms with E-state index in [2.05, 4.69) is 26.7 Å². The van der Waals surface area contributed by atoms with Crippen LogP contribution in [0.2, 0.25) is 0 Å². The standard InChI is InChI=1S/C31H34F2N6O3/c1-19(14-37(2)22-5-6-25(34)36-13-22)38(15-20-7-10-35-26(11-20)41-3)16-21-17-39-18-31(8-4-9-31)42-30-27(33)24(32)12-23(28(30)39)29(21)40/h5-7,10-13,17,19H,4,8-9,14-16,18H2,1-3H3,(H2,34,36)/t19-/m0/s1. The zero-order valence-corrected chi connectivity index (χ0v) is 23.9. The van der Waals surface area contributed by atoms with E-state index in [-0.39, 0.29) is 29.2 Å². The SMILES string of the molecule is COc1cc(CN(Cc2cn3c4c(c(F)c(F)cc4c2=O)OC2(CCC2)C3)[C@@H](C)CN(C)c2ccc(N)nc2)ccn1. The van der Waals surface area contributed by atoms with Crippen molar-refractivity contribution in [1.82, 2.24) is 19.4 Å². The molecule has 2 aliphatic rings. The van der Waals surface area contributed by atoms with E-state index >= 15 is 0 Å². The molecule has 0 amide bonds. The monoisotopic (exact) mass is 576 g/mol. The fourth-order valence-electron chi connectivity index (χ4n) is 5.98. The highest BCUT2D eigenvalue weighted by Gasteiger charge is 2.44. The number of nitrogens with two attached hydrogens (primary N) is 1. The van der Waals surface area contributed by atoms with Gasteiger partial charge in [0.1, 0.15) is 11.4 Å². The summed E-state index contributed by atoms with van der Waals surface area (Å²) in [5.41, 5.74) is 7.55. The molecule has 3 aromatic heterocycles. The molecule has 6 rings (SSSR count). The number of nitrogens with zero attached hydrogens (tertiary/aromatic N) is 5. The summed E-state index contributed by atoms with van der Waals surface area (Å²) in [6.07, 6.45) is 7.68. The van der Waals surface area contributed by atoms with Crippen LogP contribution in [0.1, 0.15) is 37.3 Å². The van der Waals surface area contributed by atoms with Crippen LogP contribution >= 0.6 is 0 Å². The van der Waals surface area contributed by atoms with Gasteiger partial charge in [-0.15, -0.1) is 0 Å². The van der Waals surface area contributed by atoms with E-state index in [4.69, 9.17) is 15.2 Å². The smallest absolute Gasteiger partial charge is 0.213 e. The van der Waals surface area contributed by atoms with Crippen molar-refractivity contribution in [3.05, 3.63) is 81.9 Å². The normalized spacial score (nSPS) is 15.9. The molecule has 1 aliphatic heterocycles. The van der Waals surface area contributed by atoms with Crippen molar-refractivity contribution < 1.29 is 18.3 Å². The third-order valence-electron chi connectivity index (χ3n) is 8.47. The molecule has 9 nitrogen and oxygen atoms in total. The second kappa shape index (κ2) is 10.9. The molecule has 1 spiro atoms. The lowest BCUT2D eigenvalue weighted by molar-refractivity contribution is -0.0316. The highest BCUT2D eigenvalue weighted by Crippen LogP contribution is 2.45. The minimum Gasteiger partial charge on any atom is -0.481 e. The van der Waals surface area contributed by atoms with Crippen molar-refractivity contribution in [2.75, 3.05) is 31.3 Å². The van der Waals surface area contributed by atoms with Gasteiger partial charge >= 0.3 is 0 Å². The second-order valence-electron chi connectivity index (χ2n) is 11.4. The molecule has 220 valence electrons. The Kier molecular flexibility index (Phi) is 7.22. The quantitative estimate of drug-likeness (QED) is 0.311. The molecule has 4 heterocycles. The lowest BCUT2D eigenvalue weighted by Gasteiger charge is -2.45. The Morgan fingerprint density at radius 1 is 1.19 bits per heavy atom. The Labute approximate surface area is 242 Å². The van der Waals surface area contributed by atoms with Crippen LogP contribution < -0.4 is 25.5 Å². The van der Waals surface area contributed by atoms with Crippen molar-refractivity contribution in [3.8, 4) is 11.6 Å². The van der Waals surface area contributed by atoms with Crippen LogP contribution in [-0.2, 0) is 19.6 Å². The number of pyridine rings is 3. The number of likely N-dealkylation sites (N-methyl/N-ethyl adjacent to an activating group) is 1. The number of rotatable bonds is 9. The van der Waals surface area contributed by atoms with Crippen molar-refractivity contribution in [3.63, 3.8) is 0 Å². The zero-order valence-electron chi connectivity index (χ0n) is 23.9. The molecule has 2 N–H and O–H groups in total. The average Bonchev–Trinajstić information content (AvgIpc) is 2.96. The van der Waals surface area contributed by atoms with Crippen LogP contribution in [0, 0.1) is 11.6 Å². The lowest BCUT2D eigenvalue weighted by atomic mass is 9.79. The molecule has 0 unspecified atom stereocenters. The third kappa shape index (κ3) is 5.13. The summed E-state index contributed by atoms with van der Waals surface area (Å²) in [6.45, 7) is 3.99. The minimum absolute atomic E-state index is 0.0370. The van der Waals surface area contributed by atoms with Gasteiger partial charge in [0.05, 0.1) is 36.4 Å². The van der Waals surface area contributed by atoms with E-state index < -0.39 is 17.2 Å². The summed E-state index contributed by atoms with van der Waals surface area (Å²) in [4.78, 5) is 26.5. The number of benzene rings is 1. The molecule has 42 heavy (non-hydrogen) atoms. The van der Waals surface area contributed by atoms with Crippen LogP contribution in [0.25, 0.3) is 10.9 Å². The number of ether oxygens (including phenoxy) is 2. The van der Waals surface area contributed by atoms with Crippen molar-refractivity contribution in [2.24, 2.45) is 0 Å².